The van der Waals surface area contributed by atoms with Gasteiger partial charge in [0.05, 0.1) is 19.1 Å². The van der Waals surface area contributed by atoms with Gasteiger partial charge in [-0.05, 0) is 18.8 Å². The van der Waals surface area contributed by atoms with Gasteiger partial charge >= 0.3 is 17.6 Å². The van der Waals surface area contributed by atoms with Gasteiger partial charge in [0.25, 0.3) is 0 Å². The highest BCUT2D eigenvalue weighted by Crippen LogP contribution is 2.33. The van der Waals surface area contributed by atoms with Crippen LogP contribution in [0.5, 0.6) is 0 Å². The van der Waals surface area contributed by atoms with Crippen molar-refractivity contribution in [2.24, 2.45) is 5.92 Å². The Hall–Kier alpha value is -2.75. The molecule has 0 spiro atoms. The summed E-state index contributed by atoms with van der Waals surface area (Å²) in [7, 11) is 2.26. The van der Waals surface area contributed by atoms with Gasteiger partial charge in [-0.15, -0.1) is 0 Å². The first-order valence-electron chi connectivity index (χ1n) is 9.44. The molecular weight excluding hydrogens is 382 g/mol. The molecule has 0 N–H and O–H groups in total. The number of carbonyl (C=O) groups is 2. The maximum atomic E-state index is 12.1. The van der Waals surface area contributed by atoms with Crippen LogP contribution >= 0.6 is 0 Å². The first-order chi connectivity index (χ1) is 13.8. The van der Waals surface area contributed by atoms with Gasteiger partial charge in [0.1, 0.15) is 0 Å². The van der Waals surface area contributed by atoms with Crippen molar-refractivity contribution in [2.75, 3.05) is 38.9 Å². The zero-order chi connectivity index (χ0) is 21.6. The van der Waals surface area contributed by atoms with Gasteiger partial charge in [-0.25, -0.2) is 4.98 Å². The van der Waals surface area contributed by atoms with E-state index >= 15 is 0 Å². The Morgan fingerprint density at radius 3 is 2.34 bits per heavy atom. The van der Waals surface area contributed by atoms with Gasteiger partial charge < -0.3 is 19.1 Å². The minimum atomic E-state index is -1.44. The van der Waals surface area contributed by atoms with Crippen molar-refractivity contribution < 1.29 is 28.7 Å². The van der Waals surface area contributed by atoms with E-state index in [-0.39, 0.29) is 29.0 Å². The van der Waals surface area contributed by atoms with Crippen molar-refractivity contribution in [2.45, 2.75) is 38.6 Å². The molecule has 160 valence electrons. The molecule has 1 aromatic heterocycles. The Bertz CT molecular complexity index is 731. The molecule has 10 nitrogen and oxygen atoms in total. The number of carbonyl (C=O) groups excluding carboxylic acids is 2. The zero-order valence-corrected chi connectivity index (χ0v) is 17.1. The summed E-state index contributed by atoms with van der Waals surface area (Å²) in [6.07, 6.45) is 2.77. The van der Waals surface area contributed by atoms with Crippen molar-refractivity contribution >= 4 is 23.4 Å². The summed E-state index contributed by atoms with van der Waals surface area (Å²) < 4.78 is 14.7. The van der Waals surface area contributed by atoms with Crippen LogP contribution in [0.15, 0.2) is 12.3 Å². The highest BCUT2D eigenvalue weighted by atomic mass is 16.6. The second-order valence-corrected chi connectivity index (χ2v) is 7.24. The molecule has 0 aliphatic carbocycles. The molecule has 10 heteroatoms. The molecule has 1 aromatic rings. The van der Waals surface area contributed by atoms with Crippen LogP contribution in [0.1, 0.15) is 38.2 Å². The second-order valence-electron chi connectivity index (χ2n) is 7.24. The van der Waals surface area contributed by atoms with E-state index in [1.54, 1.807) is 0 Å². The van der Waals surface area contributed by atoms with E-state index in [0.29, 0.717) is 19.8 Å². The average Bonchev–Trinajstić information content (AvgIpc) is 2.72. The zero-order valence-electron chi connectivity index (χ0n) is 17.1. The predicted octanol–water partition coefficient (Wildman–Crippen LogP) is 2.06. The van der Waals surface area contributed by atoms with E-state index in [1.165, 1.54) is 12.3 Å². The Kier molecular flexibility index (Phi) is 7.89. The number of hydrogen-bond acceptors (Lipinski definition) is 9. The molecule has 0 bridgehead atoms. The third-order valence-electron chi connectivity index (χ3n) is 4.74. The molecule has 1 fully saturated rings. The number of ether oxygens (including phenoxy) is 3. The van der Waals surface area contributed by atoms with Crippen LogP contribution in [0.4, 0.5) is 11.5 Å². The quantitative estimate of drug-likeness (QED) is 0.275. The normalized spacial score (nSPS) is 14.7. The number of pyridine rings is 1. The number of nitro groups is 1. The Morgan fingerprint density at radius 1 is 1.28 bits per heavy atom. The molecule has 1 saturated heterocycles. The largest absolute Gasteiger partial charge is 0.468 e. The third-order valence-corrected chi connectivity index (χ3v) is 4.74. The fourth-order valence-electron chi connectivity index (χ4n) is 3.38. The second kappa shape index (κ2) is 10.1. The third kappa shape index (κ3) is 5.41. The Labute approximate surface area is 169 Å². The van der Waals surface area contributed by atoms with E-state index in [1.807, 2.05) is 18.7 Å². The van der Waals surface area contributed by atoms with Crippen molar-refractivity contribution in [3.05, 3.63) is 27.9 Å². The Balaban J connectivity index is 2.52. The molecular formula is C19H27N3O7. The fourth-order valence-corrected chi connectivity index (χ4v) is 3.38. The van der Waals surface area contributed by atoms with Crippen molar-refractivity contribution in [1.29, 1.82) is 0 Å². The lowest BCUT2D eigenvalue weighted by Crippen LogP contribution is -2.42. The summed E-state index contributed by atoms with van der Waals surface area (Å²) in [6, 6.07) is 1.26. The highest BCUT2D eigenvalue weighted by Gasteiger charge is 2.35. The maximum Gasteiger partial charge on any atom is 0.324 e. The van der Waals surface area contributed by atoms with Crippen molar-refractivity contribution in [3.63, 3.8) is 0 Å². The lowest BCUT2D eigenvalue weighted by atomic mass is 10.00. The summed E-state index contributed by atoms with van der Waals surface area (Å²) in [4.78, 5) is 41.6. The number of rotatable bonds is 8. The number of methoxy groups -OCH3 is 2. The number of aromatic nitrogens is 1. The smallest absolute Gasteiger partial charge is 0.324 e. The summed E-state index contributed by atoms with van der Waals surface area (Å²) >= 11 is 0. The molecule has 29 heavy (non-hydrogen) atoms. The van der Waals surface area contributed by atoms with Crippen molar-refractivity contribution in [3.8, 4) is 0 Å². The molecule has 1 aliphatic rings. The van der Waals surface area contributed by atoms with Crippen molar-refractivity contribution in [1.82, 2.24) is 4.98 Å². The Morgan fingerprint density at radius 2 is 1.86 bits per heavy atom. The molecule has 0 aromatic carbocycles. The lowest BCUT2D eigenvalue weighted by molar-refractivity contribution is -0.384. The first-order valence-corrected chi connectivity index (χ1v) is 9.44. The molecule has 2 heterocycles. The van der Waals surface area contributed by atoms with Crippen LogP contribution in [-0.4, -0.2) is 61.9 Å². The van der Waals surface area contributed by atoms with Gasteiger partial charge in [0, 0.05) is 43.6 Å². The maximum absolute atomic E-state index is 12.1. The minimum absolute atomic E-state index is 0.0515. The summed E-state index contributed by atoms with van der Waals surface area (Å²) in [5.41, 5.74) is -0.219. The lowest BCUT2D eigenvalue weighted by Gasteiger charge is -2.36. The standard InChI is InChI=1S/C19H27N3O7/c1-12(2)11-21(14-5-7-29-8-6-14)17-15(22(25)26)9-13(10-20-17)16(18(23)27-3)19(24)28-4/h9-10,12,14,16H,5-8,11H2,1-4H3. The van der Waals surface area contributed by atoms with Crippen LogP contribution in [0.3, 0.4) is 0 Å². The fraction of sp³-hybridized carbons (Fsp3) is 0.632. The van der Waals surface area contributed by atoms with Gasteiger partial charge in [0.15, 0.2) is 5.92 Å². The van der Waals surface area contributed by atoms with E-state index in [2.05, 4.69) is 14.5 Å². The van der Waals surface area contributed by atoms with Gasteiger partial charge in [-0.2, -0.15) is 0 Å². The number of hydrogen-bond donors (Lipinski definition) is 0. The molecule has 0 unspecified atom stereocenters. The molecule has 0 amide bonds. The van der Waals surface area contributed by atoms with Gasteiger partial charge in [0.2, 0.25) is 5.82 Å². The number of nitrogens with zero attached hydrogens (tertiary/aromatic N) is 3. The van der Waals surface area contributed by atoms with Crippen LogP contribution in [0.2, 0.25) is 0 Å². The van der Waals surface area contributed by atoms with Crippen LogP contribution in [0.25, 0.3) is 0 Å². The minimum Gasteiger partial charge on any atom is -0.468 e. The SMILES string of the molecule is COC(=O)C(C(=O)OC)c1cnc(N(CC(C)C)C2CCOCC2)c([N+](=O)[O-])c1. The van der Waals surface area contributed by atoms with E-state index in [9.17, 15) is 19.7 Å². The number of esters is 2. The van der Waals surface area contributed by atoms with Crippen LogP contribution in [0, 0.1) is 16.0 Å². The number of anilines is 1. The predicted molar refractivity (Wildman–Crippen MR) is 104 cm³/mol. The molecule has 0 atom stereocenters. The summed E-state index contributed by atoms with van der Waals surface area (Å²) in [5.74, 6) is -2.72. The first kappa shape index (κ1) is 22.5. The van der Waals surface area contributed by atoms with Gasteiger partial charge in [-0.1, -0.05) is 13.8 Å². The van der Waals surface area contributed by atoms with Gasteiger partial charge in [-0.3, -0.25) is 19.7 Å². The van der Waals surface area contributed by atoms with Crippen LogP contribution < -0.4 is 4.90 Å². The van der Waals surface area contributed by atoms with Crippen LogP contribution in [-0.2, 0) is 23.8 Å². The van der Waals surface area contributed by atoms with E-state index in [0.717, 1.165) is 27.1 Å². The van der Waals surface area contributed by atoms with E-state index in [4.69, 9.17) is 4.74 Å². The summed E-state index contributed by atoms with van der Waals surface area (Å²) in [5, 5.41) is 11.8. The molecule has 2 rings (SSSR count). The summed E-state index contributed by atoms with van der Waals surface area (Å²) in [6.45, 7) is 5.79. The van der Waals surface area contributed by atoms with E-state index < -0.39 is 22.8 Å². The average molecular weight is 409 g/mol. The molecule has 1 aliphatic heterocycles. The topological polar surface area (TPSA) is 121 Å². The molecule has 0 radical (unpaired) electrons. The monoisotopic (exact) mass is 409 g/mol. The molecule has 0 saturated carbocycles. The highest BCUT2D eigenvalue weighted by molar-refractivity contribution is 6.00.